The van der Waals surface area contributed by atoms with Gasteiger partial charge in [-0.05, 0) is 64.8 Å². The number of benzene rings is 1. The Bertz CT molecular complexity index is 494. The Balaban J connectivity index is 2.50. The lowest BCUT2D eigenvalue weighted by molar-refractivity contribution is -0.123. The highest BCUT2D eigenvalue weighted by Crippen LogP contribution is 2.29. The van der Waals surface area contributed by atoms with E-state index in [1.165, 1.54) is 11.1 Å². The zero-order valence-corrected chi connectivity index (χ0v) is 12.6. The maximum Gasteiger partial charge on any atom is 0.246 e. The van der Waals surface area contributed by atoms with Gasteiger partial charge in [0, 0.05) is 11.7 Å². The molecule has 0 bridgehead atoms. The molecule has 1 atom stereocenters. The van der Waals surface area contributed by atoms with Crippen LogP contribution in [-0.2, 0) is 4.79 Å². The van der Waals surface area contributed by atoms with Gasteiger partial charge in [-0.15, -0.1) is 0 Å². The van der Waals surface area contributed by atoms with Crippen molar-refractivity contribution in [2.45, 2.75) is 52.6 Å². The zero-order chi connectivity index (χ0) is 14.2. The fourth-order valence-corrected chi connectivity index (χ4v) is 2.64. The van der Waals surface area contributed by atoms with Gasteiger partial charge in [-0.2, -0.15) is 0 Å². The van der Waals surface area contributed by atoms with E-state index < -0.39 is 5.54 Å². The molecule has 104 valence electrons. The molecule has 3 nitrogen and oxygen atoms in total. The van der Waals surface area contributed by atoms with E-state index in [2.05, 4.69) is 38.2 Å². The first-order valence-electron chi connectivity index (χ1n) is 6.99. The molecule has 0 aromatic heterocycles. The van der Waals surface area contributed by atoms with Crippen molar-refractivity contribution >= 4 is 11.6 Å². The van der Waals surface area contributed by atoms with Gasteiger partial charge in [0.25, 0.3) is 0 Å². The van der Waals surface area contributed by atoms with E-state index in [-0.39, 0.29) is 11.9 Å². The second-order valence-corrected chi connectivity index (χ2v) is 6.08. The number of anilines is 1. The van der Waals surface area contributed by atoms with Crippen LogP contribution in [0.1, 0.15) is 38.3 Å². The number of nitrogens with one attached hydrogen (secondary N) is 1. The first kappa shape index (κ1) is 14.1. The van der Waals surface area contributed by atoms with Crippen molar-refractivity contribution in [1.29, 1.82) is 0 Å². The third kappa shape index (κ3) is 2.52. The lowest BCUT2D eigenvalue weighted by atomic mass is 10.0. The largest absolute Gasteiger partial charge is 0.308 e. The molecule has 0 saturated carbocycles. The van der Waals surface area contributed by atoms with Crippen LogP contribution in [0.3, 0.4) is 0 Å². The molecule has 1 fully saturated rings. The first-order chi connectivity index (χ1) is 8.84. The average Bonchev–Trinajstić information content (AvgIpc) is 2.42. The summed E-state index contributed by atoms with van der Waals surface area (Å²) in [6.45, 7) is 11.1. The summed E-state index contributed by atoms with van der Waals surface area (Å²) in [7, 11) is 0. The van der Waals surface area contributed by atoms with Crippen LogP contribution in [0.25, 0.3) is 0 Å². The number of aryl methyl sites for hydroxylation is 1. The molecule has 1 amide bonds. The summed E-state index contributed by atoms with van der Waals surface area (Å²) in [4.78, 5) is 14.8. The summed E-state index contributed by atoms with van der Waals surface area (Å²) in [5.74, 6) is 0.159. The van der Waals surface area contributed by atoms with Crippen LogP contribution in [0.15, 0.2) is 18.2 Å². The van der Waals surface area contributed by atoms with Gasteiger partial charge in [-0.1, -0.05) is 12.1 Å². The van der Waals surface area contributed by atoms with Gasteiger partial charge in [0.2, 0.25) is 5.91 Å². The van der Waals surface area contributed by atoms with Gasteiger partial charge < -0.3 is 10.2 Å². The Morgan fingerprint density at radius 3 is 2.68 bits per heavy atom. The molecule has 1 aromatic rings. The van der Waals surface area contributed by atoms with Crippen LogP contribution in [0, 0.1) is 13.8 Å². The van der Waals surface area contributed by atoms with Crippen LogP contribution >= 0.6 is 0 Å². The van der Waals surface area contributed by atoms with Crippen LogP contribution in [0.2, 0.25) is 0 Å². The number of hydrogen-bond donors (Lipinski definition) is 1. The Labute approximate surface area is 116 Å². The van der Waals surface area contributed by atoms with E-state index in [4.69, 9.17) is 0 Å². The first-order valence-corrected chi connectivity index (χ1v) is 6.99. The lowest BCUT2D eigenvalue weighted by Crippen LogP contribution is -2.53. The summed E-state index contributed by atoms with van der Waals surface area (Å²) in [6, 6.07) is 6.40. The van der Waals surface area contributed by atoms with Crippen molar-refractivity contribution in [2.75, 3.05) is 11.4 Å². The topological polar surface area (TPSA) is 32.3 Å². The van der Waals surface area contributed by atoms with Gasteiger partial charge in [-0.3, -0.25) is 4.79 Å². The zero-order valence-electron chi connectivity index (χ0n) is 12.6. The molecule has 1 N–H and O–H groups in total. The van der Waals surface area contributed by atoms with E-state index >= 15 is 0 Å². The van der Waals surface area contributed by atoms with Gasteiger partial charge in [0.1, 0.15) is 0 Å². The lowest BCUT2D eigenvalue weighted by Gasteiger charge is -2.33. The van der Waals surface area contributed by atoms with E-state index in [0.29, 0.717) is 0 Å². The predicted molar refractivity (Wildman–Crippen MR) is 79.6 cm³/mol. The van der Waals surface area contributed by atoms with Crippen molar-refractivity contribution in [3.63, 3.8) is 0 Å². The van der Waals surface area contributed by atoms with Crippen molar-refractivity contribution in [1.82, 2.24) is 5.32 Å². The fraction of sp³-hybridized carbons (Fsp3) is 0.562. The third-order valence-electron chi connectivity index (χ3n) is 4.16. The number of nitrogens with zero attached hydrogens (tertiary/aromatic N) is 1. The molecule has 1 aliphatic rings. The Kier molecular flexibility index (Phi) is 3.68. The standard InChI is InChI=1S/C16H24N2O/c1-11-7-6-8-14(13(11)3)18-12(2)9-10-17-16(4,5)15(18)19/h6-8,12,17H,9-10H2,1-5H3. The summed E-state index contributed by atoms with van der Waals surface area (Å²) in [5, 5.41) is 3.34. The van der Waals surface area contributed by atoms with Crippen LogP contribution in [0.5, 0.6) is 0 Å². The smallest absolute Gasteiger partial charge is 0.246 e. The van der Waals surface area contributed by atoms with Crippen molar-refractivity contribution in [2.24, 2.45) is 0 Å². The number of carbonyl (C=O) groups excluding carboxylic acids is 1. The number of carbonyl (C=O) groups is 1. The highest BCUT2D eigenvalue weighted by molar-refractivity contribution is 6.01. The minimum Gasteiger partial charge on any atom is -0.308 e. The Hall–Kier alpha value is -1.35. The maximum absolute atomic E-state index is 12.8. The fourth-order valence-electron chi connectivity index (χ4n) is 2.64. The molecule has 0 aliphatic carbocycles. The summed E-state index contributed by atoms with van der Waals surface area (Å²) < 4.78 is 0. The van der Waals surface area contributed by atoms with Gasteiger partial charge in [-0.25, -0.2) is 0 Å². The molecule has 19 heavy (non-hydrogen) atoms. The van der Waals surface area contributed by atoms with E-state index in [9.17, 15) is 4.79 Å². The highest BCUT2D eigenvalue weighted by Gasteiger charge is 2.37. The van der Waals surface area contributed by atoms with Crippen molar-refractivity contribution in [3.05, 3.63) is 29.3 Å². The van der Waals surface area contributed by atoms with Crippen LogP contribution in [-0.4, -0.2) is 24.0 Å². The number of rotatable bonds is 1. The molecule has 1 unspecified atom stereocenters. The van der Waals surface area contributed by atoms with Gasteiger partial charge in [0.05, 0.1) is 5.54 Å². The van der Waals surface area contributed by atoms with Crippen LogP contribution in [0.4, 0.5) is 5.69 Å². The summed E-state index contributed by atoms with van der Waals surface area (Å²) in [6.07, 6.45) is 0.975. The average molecular weight is 260 g/mol. The molecule has 3 heteroatoms. The van der Waals surface area contributed by atoms with E-state index in [0.717, 1.165) is 18.7 Å². The Morgan fingerprint density at radius 1 is 1.32 bits per heavy atom. The normalized spacial score (nSPS) is 23.3. The second-order valence-electron chi connectivity index (χ2n) is 6.08. The molecule has 1 heterocycles. The molecule has 0 radical (unpaired) electrons. The minimum absolute atomic E-state index is 0.159. The molecule has 2 rings (SSSR count). The summed E-state index contributed by atoms with van der Waals surface area (Å²) >= 11 is 0. The molecular weight excluding hydrogens is 236 g/mol. The van der Waals surface area contributed by atoms with E-state index in [1.807, 2.05) is 24.8 Å². The van der Waals surface area contributed by atoms with Crippen LogP contribution < -0.4 is 10.2 Å². The van der Waals surface area contributed by atoms with Gasteiger partial charge >= 0.3 is 0 Å². The maximum atomic E-state index is 12.8. The van der Waals surface area contributed by atoms with Crippen molar-refractivity contribution < 1.29 is 4.79 Å². The molecule has 1 aliphatic heterocycles. The predicted octanol–water partition coefficient (Wildman–Crippen LogP) is 2.80. The molecular formula is C16H24N2O. The SMILES string of the molecule is Cc1cccc(N2C(=O)C(C)(C)NCCC2C)c1C. The molecule has 0 spiro atoms. The highest BCUT2D eigenvalue weighted by atomic mass is 16.2. The monoisotopic (exact) mass is 260 g/mol. The number of amides is 1. The van der Waals surface area contributed by atoms with Gasteiger partial charge in [0.15, 0.2) is 0 Å². The minimum atomic E-state index is -0.499. The second kappa shape index (κ2) is 4.97. The Morgan fingerprint density at radius 2 is 2.00 bits per heavy atom. The molecule has 1 saturated heterocycles. The quantitative estimate of drug-likeness (QED) is 0.842. The van der Waals surface area contributed by atoms with Crippen molar-refractivity contribution in [3.8, 4) is 0 Å². The molecule has 1 aromatic carbocycles. The number of hydrogen-bond acceptors (Lipinski definition) is 2. The third-order valence-corrected chi connectivity index (χ3v) is 4.16. The summed E-state index contributed by atoms with van der Waals surface area (Å²) in [5.41, 5.74) is 2.98. The van der Waals surface area contributed by atoms with E-state index in [1.54, 1.807) is 0 Å².